The molecule has 1 aromatic carbocycles. The lowest BCUT2D eigenvalue weighted by Gasteiger charge is -2.36. The fourth-order valence-corrected chi connectivity index (χ4v) is 3.96. The zero-order chi connectivity index (χ0) is 16.4. The van der Waals surface area contributed by atoms with Crippen LogP contribution in [0, 0.1) is 0 Å². The van der Waals surface area contributed by atoms with Crippen molar-refractivity contribution >= 4 is 44.8 Å². The van der Waals surface area contributed by atoms with Crippen LogP contribution in [0.3, 0.4) is 0 Å². The minimum Gasteiger partial charge on any atom is -0.467 e. The van der Waals surface area contributed by atoms with Crippen molar-refractivity contribution in [3.8, 4) is 0 Å². The predicted octanol–water partition coefficient (Wildman–Crippen LogP) is 3.09. The number of fused-ring (bicyclic) bond motifs is 1. The van der Waals surface area contributed by atoms with Gasteiger partial charge in [0.15, 0.2) is 5.11 Å². The number of benzene rings is 1. The highest BCUT2D eigenvalue weighted by Gasteiger charge is 2.22. The summed E-state index contributed by atoms with van der Waals surface area (Å²) >= 11 is 7.07. The Hall–Kier alpha value is -2.12. The monoisotopic (exact) mass is 358 g/mol. The van der Waals surface area contributed by atoms with E-state index in [2.05, 4.69) is 43.8 Å². The Morgan fingerprint density at radius 2 is 2.00 bits per heavy atom. The highest BCUT2D eigenvalue weighted by Crippen LogP contribution is 2.29. The molecule has 0 spiro atoms. The second-order valence-electron chi connectivity index (χ2n) is 5.71. The van der Waals surface area contributed by atoms with E-state index in [-0.39, 0.29) is 0 Å². The molecule has 0 saturated carbocycles. The molecule has 4 rings (SSSR count). The van der Waals surface area contributed by atoms with Gasteiger partial charge in [0.05, 0.1) is 17.5 Å². The van der Waals surface area contributed by atoms with Crippen molar-refractivity contribution in [2.24, 2.45) is 0 Å². The molecule has 1 N–H and O–H groups in total. The van der Waals surface area contributed by atoms with Crippen LogP contribution in [0.1, 0.15) is 5.76 Å². The maximum Gasteiger partial charge on any atom is 0.169 e. The van der Waals surface area contributed by atoms with Gasteiger partial charge in [0.2, 0.25) is 0 Å². The summed E-state index contributed by atoms with van der Waals surface area (Å²) in [6.07, 6.45) is 1.68. The van der Waals surface area contributed by atoms with Gasteiger partial charge >= 0.3 is 0 Å². The van der Waals surface area contributed by atoms with Gasteiger partial charge < -0.3 is 19.5 Å². The number of nitrogens with zero attached hydrogens (tertiary/aromatic N) is 3. The summed E-state index contributed by atoms with van der Waals surface area (Å²) in [5.74, 6) is 2.00. The van der Waals surface area contributed by atoms with E-state index in [1.165, 1.54) is 10.1 Å². The van der Waals surface area contributed by atoms with Gasteiger partial charge in [-0.3, -0.25) is 0 Å². The first-order valence-electron chi connectivity index (χ1n) is 7.96. The van der Waals surface area contributed by atoms with Crippen molar-refractivity contribution in [2.45, 2.75) is 6.54 Å². The van der Waals surface area contributed by atoms with Gasteiger partial charge in [-0.15, -0.1) is 0 Å². The van der Waals surface area contributed by atoms with Crippen LogP contribution < -0.4 is 10.2 Å². The zero-order valence-corrected chi connectivity index (χ0v) is 14.8. The van der Waals surface area contributed by atoms with Crippen LogP contribution in [0.15, 0.2) is 47.1 Å². The van der Waals surface area contributed by atoms with E-state index < -0.39 is 0 Å². The summed E-state index contributed by atoms with van der Waals surface area (Å²) in [5, 5.41) is 5.30. The van der Waals surface area contributed by atoms with E-state index in [0.717, 1.165) is 42.9 Å². The molecule has 0 amide bonds. The average Bonchev–Trinajstić information content (AvgIpc) is 3.29. The third kappa shape index (κ3) is 3.09. The minimum atomic E-state index is 0.628. The quantitative estimate of drug-likeness (QED) is 0.726. The summed E-state index contributed by atoms with van der Waals surface area (Å²) in [4.78, 5) is 4.56. The molecule has 1 aliphatic heterocycles. The molecule has 1 aliphatic rings. The van der Waals surface area contributed by atoms with E-state index in [9.17, 15) is 0 Å². The van der Waals surface area contributed by atoms with E-state index in [1.54, 1.807) is 17.8 Å². The first-order chi connectivity index (χ1) is 11.8. The van der Waals surface area contributed by atoms with Crippen LogP contribution in [0.25, 0.3) is 10.1 Å². The minimum absolute atomic E-state index is 0.628. The van der Waals surface area contributed by atoms with Gasteiger partial charge in [-0.25, -0.2) is 0 Å². The van der Waals surface area contributed by atoms with Gasteiger partial charge in [0.25, 0.3) is 0 Å². The molecule has 3 heterocycles. The summed E-state index contributed by atoms with van der Waals surface area (Å²) in [6.45, 7) is 4.28. The van der Waals surface area contributed by atoms with E-state index in [0.29, 0.717) is 6.54 Å². The molecule has 0 atom stereocenters. The molecule has 1 fully saturated rings. The van der Waals surface area contributed by atoms with Crippen LogP contribution in [0.4, 0.5) is 5.82 Å². The summed E-state index contributed by atoms with van der Waals surface area (Å²) in [7, 11) is 0. The van der Waals surface area contributed by atoms with Crippen molar-refractivity contribution in [1.82, 2.24) is 14.6 Å². The number of hydrogen-bond donors (Lipinski definition) is 1. The van der Waals surface area contributed by atoms with Crippen LogP contribution in [0.5, 0.6) is 0 Å². The Morgan fingerprint density at radius 1 is 1.17 bits per heavy atom. The first-order valence-corrected chi connectivity index (χ1v) is 9.14. The number of piperazine rings is 1. The Morgan fingerprint density at radius 3 is 2.79 bits per heavy atom. The van der Waals surface area contributed by atoms with Crippen LogP contribution >= 0.6 is 23.8 Å². The lowest BCUT2D eigenvalue weighted by molar-refractivity contribution is 0.377. The number of thiocarbonyl (C=S) groups is 1. The Labute approximate surface area is 150 Å². The molecule has 124 valence electrons. The summed E-state index contributed by atoms with van der Waals surface area (Å²) in [6, 6.07) is 12.2. The Balaban J connectivity index is 1.35. The van der Waals surface area contributed by atoms with Crippen molar-refractivity contribution in [1.29, 1.82) is 0 Å². The van der Waals surface area contributed by atoms with Gasteiger partial charge in [0, 0.05) is 31.6 Å². The molecule has 0 unspecified atom stereocenters. The number of rotatable bonds is 3. The smallest absolute Gasteiger partial charge is 0.169 e. The third-order valence-electron chi connectivity index (χ3n) is 4.22. The van der Waals surface area contributed by atoms with Crippen molar-refractivity contribution in [3.63, 3.8) is 0 Å². The van der Waals surface area contributed by atoms with Crippen molar-refractivity contribution in [3.05, 3.63) is 48.4 Å². The fourth-order valence-electron chi connectivity index (χ4n) is 2.91. The SMILES string of the molecule is S=C(NCc1ccco1)N1CCN(c2nsc3ccccc23)CC1. The first kappa shape index (κ1) is 15.4. The topological polar surface area (TPSA) is 44.5 Å². The second-order valence-corrected chi connectivity index (χ2v) is 6.91. The van der Waals surface area contributed by atoms with Crippen molar-refractivity contribution in [2.75, 3.05) is 31.1 Å². The van der Waals surface area contributed by atoms with Crippen LogP contribution in [-0.2, 0) is 6.54 Å². The lowest BCUT2D eigenvalue weighted by atomic mass is 10.2. The van der Waals surface area contributed by atoms with Crippen LogP contribution in [0.2, 0.25) is 0 Å². The number of hydrogen-bond acceptors (Lipinski definition) is 5. The largest absolute Gasteiger partial charge is 0.467 e. The Kier molecular flexibility index (Phi) is 4.36. The number of nitrogens with one attached hydrogen (secondary N) is 1. The molecular weight excluding hydrogens is 340 g/mol. The molecule has 5 nitrogen and oxygen atoms in total. The van der Waals surface area contributed by atoms with Gasteiger partial charge in [-0.05, 0) is 48.0 Å². The fraction of sp³-hybridized carbons (Fsp3) is 0.294. The van der Waals surface area contributed by atoms with E-state index in [1.807, 2.05) is 12.1 Å². The maximum atomic E-state index is 5.50. The number of aromatic nitrogens is 1. The lowest BCUT2D eigenvalue weighted by Crippen LogP contribution is -2.51. The second kappa shape index (κ2) is 6.78. The highest BCUT2D eigenvalue weighted by molar-refractivity contribution is 7.80. The molecule has 0 bridgehead atoms. The van der Waals surface area contributed by atoms with Crippen molar-refractivity contribution < 1.29 is 4.42 Å². The molecule has 1 saturated heterocycles. The number of anilines is 1. The van der Waals surface area contributed by atoms with Gasteiger partial charge in [0.1, 0.15) is 11.6 Å². The van der Waals surface area contributed by atoms with Gasteiger partial charge in [-0.1, -0.05) is 12.1 Å². The van der Waals surface area contributed by atoms with E-state index >= 15 is 0 Å². The molecule has 2 aromatic heterocycles. The standard InChI is InChI=1S/C17H18N4OS2/c23-17(18-12-13-4-3-11-22-13)21-9-7-20(8-10-21)16-14-5-1-2-6-15(14)24-19-16/h1-6,11H,7-10,12H2,(H,18,23). The molecule has 0 radical (unpaired) electrons. The Bertz CT molecular complexity index is 822. The molecule has 24 heavy (non-hydrogen) atoms. The molecular formula is C17H18N4OS2. The molecule has 3 aromatic rings. The molecule has 0 aliphatic carbocycles. The van der Waals surface area contributed by atoms with Gasteiger partial charge in [-0.2, -0.15) is 4.37 Å². The zero-order valence-electron chi connectivity index (χ0n) is 13.1. The number of furan rings is 1. The third-order valence-corrected chi connectivity index (χ3v) is 5.44. The maximum absolute atomic E-state index is 5.50. The van der Waals surface area contributed by atoms with E-state index in [4.69, 9.17) is 16.6 Å². The highest BCUT2D eigenvalue weighted by atomic mass is 32.1. The summed E-state index contributed by atoms with van der Waals surface area (Å²) in [5.41, 5.74) is 0. The average molecular weight is 358 g/mol. The normalized spacial score (nSPS) is 15.0. The molecule has 7 heteroatoms. The predicted molar refractivity (Wildman–Crippen MR) is 102 cm³/mol. The summed E-state index contributed by atoms with van der Waals surface area (Å²) < 4.78 is 11.2. The van der Waals surface area contributed by atoms with Crippen LogP contribution in [-0.4, -0.2) is 40.6 Å².